The number of methoxy groups -OCH3 is 1. The number of para-hydroxylation sites is 1. The van der Waals surface area contributed by atoms with Crippen LogP contribution in [0.15, 0.2) is 36.5 Å². The predicted octanol–water partition coefficient (Wildman–Crippen LogP) is 3.04. The summed E-state index contributed by atoms with van der Waals surface area (Å²) in [5.74, 6) is 0. The van der Waals surface area contributed by atoms with E-state index in [2.05, 4.69) is 5.10 Å². The Kier molecular flexibility index (Phi) is 3.38. The van der Waals surface area contributed by atoms with Gasteiger partial charge in [-0.2, -0.15) is 18.3 Å². The molecular formula is C12H11F3N2O. The minimum absolute atomic E-state index is 0.00190. The van der Waals surface area contributed by atoms with Gasteiger partial charge >= 0.3 is 6.18 Å². The molecule has 2 aromatic rings. The van der Waals surface area contributed by atoms with Crippen LogP contribution in [0.2, 0.25) is 0 Å². The quantitative estimate of drug-likeness (QED) is 0.844. The highest BCUT2D eigenvalue weighted by atomic mass is 19.4. The van der Waals surface area contributed by atoms with E-state index in [1.165, 1.54) is 30.1 Å². The molecule has 3 nitrogen and oxygen atoms in total. The first-order valence-corrected chi connectivity index (χ1v) is 5.22. The summed E-state index contributed by atoms with van der Waals surface area (Å²) in [6.45, 7) is 0.201. The SMILES string of the molecule is COCc1ccnn1-c1ccccc1C(F)(F)F. The number of hydrogen-bond acceptors (Lipinski definition) is 2. The van der Waals surface area contributed by atoms with Crippen molar-refractivity contribution in [1.82, 2.24) is 9.78 Å². The molecule has 1 aromatic carbocycles. The highest BCUT2D eigenvalue weighted by Crippen LogP contribution is 2.33. The molecule has 0 N–H and O–H groups in total. The highest BCUT2D eigenvalue weighted by Gasteiger charge is 2.34. The first-order valence-electron chi connectivity index (χ1n) is 5.22. The number of nitrogens with zero attached hydrogens (tertiary/aromatic N) is 2. The van der Waals surface area contributed by atoms with Gasteiger partial charge in [0.15, 0.2) is 0 Å². The first kappa shape index (κ1) is 12.6. The smallest absolute Gasteiger partial charge is 0.378 e. The molecule has 0 atom stereocenters. The van der Waals surface area contributed by atoms with Crippen molar-refractivity contribution in [3.8, 4) is 5.69 Å². The van der Waals surface area contributed by atoms with Crippen LogP contribution in [0.4, 0.5) is 13.2 Å². The summed E-state index contributed by atoms with van der Waals surface area (Å²) in [7, 11) is 1.48. The average Bonchev–Trinajstić information content (AvgIpc) is 2.77. The van der Waals surface area contributed by atoms with Crippen LogP contribution in [0.5, 0.6) is 0 Å². The van der Waals surface area contributed by atoms with Gasteiger partial charge in [-0.15, -0.1) is 0 Å². The summed E-state index contributed by atoms with van der Waals surface area (Å²) in [5, 5.41) is 3.92. The van der Waals surface area contributed by atoms with Gasteiger partial charge in [0, 0.05) is 13.3 Å². The summed E-state index contributed by atoms with van der Waals surface area (Å²) >= 11 is 0. The molecule has 18 heavy (non-hydrogen) atoms. The summed E-state index contributed by atoms with van der Waals surface area (Å²) < 4.78 is 44.8. The van der Waals surface area contributed by atoms with Crippen LogP contribution in [0.25, 0.3) is 5.69 Å². The van der Waals surface area contributed by atoms with Gasteiger partial charge < -0.3 is 4.74 Å². The van der Waals surface area contributed by atoms with Crippen LogP contribution in [0.3, 0.4) is 0 Å². The van der Waals surface area contributed by atoms with E-state index in [1.807, 2.05) is 0 Å². The van der Waals surface area contributed by atoms with Crippen LogP contribution < -0.4 is 0 Å². The lowest BCUT2D eigenvalue weighted by atomic mass is 10.1. The third-order valence-corrected chi connectivity index (χ3v) is 2.45. The van der Waals surface area contributed by atoms with Gasteiger partial charge in [0.2, 0.25) is 0 Å². The van der Waals surface area contributed by atoms with Gasteiger partial charge in [0.1, 0.15) is 0 Å². The lowest BCUT2D eigenvalue weighted by Crippen LogP contribution is -2.13. The maximum Gasteiger partial charge on any atom is 0.418 e. The Morgan fingerprint density at radius 1 is 1.22 bits per heavy atom. The van der Waals surface area contributed by atoms with Crippen molar-refractivity contribution < 1.29 is 17.9 Å². The molecule has 1 aromatic heterocycles. The van der Waals surface area contributed by atoms with Crippen molar-refractivity contribution in [3.63, 3.8) is 0 Å². The second kappa shape index (κ2) is 4.81. The number of halogens is 3. The summed E-state index contributed by atoms with van der Waals surface area (Å²) in [6.07, 6.45) is -2.96. The number of rotatable bonds is 3. The molecule has 2 rings (SSSR count). The van der Waals surface area contributed by atoms with E-state index < -0.39 is 11.7 Å². The minimum atomic E-state index is -4.41. The second-order valence-corrected chi connectivity index (χ2v) is 3.68. The minimum Gasteiger partial charge on any atom is -0.378 e. The first-order chi connectivity index (χ1) is 8.54. The molecule has 0 spiro atoms. The Labute approximate surface area is 102 Å². The standard InChI is InChI=1S/C12H11F3N2O/c1-18-8-9-6-7-16-17(9)11-5-3-2-4-10(11)12(13,14)15/h2-7H,8H2,1H3. The molecule has 0 saturated heterocycles. The third-order valence-electron chi connectivity index (χ3n) is 2.45. The number of ether oxygens (including phenoxy) is 1. The zero-order valence-electron chi connectivity index (χ0n) is 9.61. The Bertz CT molecular complexity index is 534. The van der Waals surface area contributed by atoms with Crippen molar-refractivity contribution >= 4 is 0 Å². The van der Waals surface area contributed by atoms with Crippen molar-refractivity contribution in [2.45, 2.75) is 12.8 Å². The number of aromatic nitrogens is 2. The topological polar surface area (TPSA) is 27.1 Å². The highest BCUT2D eigenvalue weighted by molar-refractivity contribution is 5.43. The van der Waals surface area contributed by atoms with Crippen molar-refractivity contribution in [2.24, 2.45) is 0 Å². The molecule has 0 saturated carbocycles. The Hall–Kier alpha value is -1.82. The van der Waals surface area contributed by atoms with Gasteiger partial charge in [0.25, 0.3) is 0 Å². The molecular weight excluding hydrogens is 245 g/mol. The molecule has 0 radical (unpaired) electrons. The number of alkyl halides is 3. The zero-order chi connectivity index (χ0) is 13.2. The van der Waals surface area contributed by atoms with Gasteiger partial charge in [-0.05, 0) is 18.2 Å². The van der Waals surface area contributed by atoms with E-state index in [0.717, 1.165) is 6.07 Å². The molecule has 0 aliphatic carbocycles. The lowest BCUT2D eigenvalue weighted by Gasteiger charge is -2.14. The number of benzene rings is 1. The lowest BCUT2D eigenvalue weighted by molar-refractivity contribution is -0.137. The van der Waals surface area contributed by atoms with Crippen LogP contribution >= 0.6 is 0 Å². The second-order valence-electron chi connectivity index (χ2n) is 3.68. The fourth-order valence-corrected chi connectivity index (χ4v) is 1.70. The largest absolute Gasteiger partial charge is 0.418 e. The monoisotopic (exact) mass is 256 g/mol. The van der Waals surface area contributed by atoms with E-state index in [9.17, 15) is 13.2 Å². The normalized spacial score (nSPS) is 11.8. The Morgan fingerprint density at radius 2 is 1.94 bits per heavy atom. The molecule has 96 valence electrons. The number of hydrogen-bond donors (Lipinski definition) is 0. The zero-order valence-corrected chi connectivity index (χ0v) is 9.61. The van der Waals surface area contributed by atoms with E-state index in [4.69, 9.17) is 4.74 Å². The average molecular weight is 256 g/mol. The van der Waals surface area contributed by atoms with Crippen molar-refractivity contribution in [2.75, 3.05) is 7.11 Å². The van der Waals surface area contributed by atoms with E-state index in [-0.39, 0.29) is 12.3 Å². The summed E-state index contributed by atoms with van der Waals surface area (Å²) in [5.41, 5.74) is -0.151. The van der Waals surface area contributed by atoms with Crippen molar-refractivity contribution in [3.05, 3.63) is 47.8 Å². The molecule has 0 aliphatic rings. The molecule has 0 aliphatic heterocycles. The maximum atomic E-state index is 12.9. The molecule has 6 heteroatoms. The van der Waals surface area contributed by atoms with Gasteiger partial charge in [-0.25, -0.2) is 4.68 Å². The Morgan fingerprint density at radius 3 is 2.61 bits per heavy atom. The fraction of sp³-hybridized carbons (Fsp3) is 0.250. The molecule has 1 heterocycles. The van der Waals surface area contributed by atoms with Gasteiger partial charge in [-0.1, -0.05) is 12.1 Å². The van der Waals surface area contributed by atoms with Crippen molar-refractivity contribution in [1.29, 1.82) is 0 Å². The fourth-order valence-electron chi connectivity index (χ4n) is 1.70. The van der Waals surface area contributed by atoms with Crippen LogP contribution in [0, 0.1) is 0 Å². The van der Waals surface area contributed by atoms with E-state index >= 15 is 0 Å². The van der Waals surface area contributed by atoms with Crippen LogP contribution in [0.1, 0.15) is 11.3 Å². The predicted molar refractivity (Wildman–Crippen MR) is 59.3 cm³/mol. The van der Waals surface area contributed by atoms with E-state index in [1.54, 1.807) is 12.1 Å². The molecule has 0 fully saturated rings. The van der Waals surface area contributed by atoms with Crippen LogP contribution in [-0.2, 0) is 17.5 Å². The summed E-state index contributed by atoms with van der Waals surface area (Å²) in [4.78, 5) is 0. The van der Waals surface area contributed by atoms with Gasteiger partial charge in [-0.3, -0.25) is 0 Å². The summed E-state index contributed by atoms with van der Waals surface area (Å²) in [6, 6.07) is 6.94. The van der Waals surface area contributed by atoms with E-state index in [0.29, 0.717) is 5.69 Å². The molecule has 0 unspecified atom stereocenters. The Balaban J connectivity index is 2.54. The maximum absolute atomic E-state index is 12.9. The molecule has 0 bridgehead atoms. The van der Waals surface area contributed by atoms with Gasteiger partial charge in [0.05, 0.1) is 23.6 Å². The van der Waals surface area contributed by atoms with Crippen LogP contribution in [-0.4, -0.2) is 16.9 Å². The third kappa shape index (κ3) is 2.38. The molecule has 0 amide bonds.